The molecule has 5 rings (SSSR count). The summed E-state index contributed by atoms with van der Waals surface area (Å²) in [4.78, 5) is 33.9. The summed E-state index contributed by atoms with van der Waals surface area (Å²) in [6.07, 6.45) is 0.675. The van der Waals surface area contributed by atoms with Gasteiger partial charge in [0.05, 0.1) is 17.6 Å². The summed E-state index contributed by atoms with van der Waals surface area (Å²) in [6, 6.07) is 19.8. The molecule has 3 aromatic rings. The summed E-state index contributed by atoms with van der Waals surface area (Å²) >= 11 is 0. The normalized spacial score (nSPS) is 24.1. The predicted molar refractivity (Wildman–Crippen MR) is 102 cm³/mol. The van der Waals surface area contributed by atoms with E-state index in [0.29, 0.717) is 11.4 Å². The maximum Gasteiger partial charge on any atom is 0.266 e. The van der Waals surface area contributed by atoms with Crippen LogP contribution >= 0.6 is 0 Å². The second kappa shape index (κ2) is 6.35. The molecule has 0 N–H and O–H groups in total. The molecule has 0 spiro atoms. The van der Waals surface area contributed by atoms with Gasteiger partial charge in [0.15, 0.2) is 6.10 Å². The van der Waals surface area contributed by atoms with Gasteiger partial charge in [0.25, 0.3) is 5.91 Å². The van der Waals surface area contributed by atoms with Gasteiger partial charge in [-0.3, -0.25) is 14.4 Å². The van der Waals surface area contributed by atoms with E-state index in [1.165, 1.54) is 4.90 Å². The van der Waals surface area contributed by atoms with Crippen LogP contribution in [0.5, 0.6) is 0 Å². The van der Waals surface area contributed by atoms with E-state index >= 15 is 0 Å². The van der Waals surface area contributed by atoms with Crippen LogP contribution in [0.3, 0.4) is 0 Å². The number of carbonyl (C=O) groups excluding carboxylic acids is 2. The maximum atomic E-state index is 13.4. The number of hydroxylamine groups is 1. The number of furan rings is 1. The SMILES string of the molecule is Cc1ccccc1N1C(=O)[C@@H]2[C@H](ON(c3ccccc3)[C@H]2c2ccco2)C1=O. The van der Waals surface area contributed by atoms with Crippen molar-refractivity contribution in [2.45, 2.75) is 19.1 Å². The molecular formula is C22H18N2O4. The number of benzene rings is 2. The molecule has 2 saturated heterocycles. The number of para-hydroxylation sites is 2. The first kappa shape index (κ1) is 16.8. The average molecular weight is 374 g/mol. The summed E-state index contributed by atoms with van der Waals surface area (Å²) in [5.74, 6) is -0.717. The number of aryl methyl sites for hydroxylation is 1. The van der Waals surface area contributed by atoms with Crippen molar-refractivity contribution in [1.29, 1.82) is 0 Å². The van der Waals surface area contributed by atoms with Gasteiger partial charge in [-0.15, -0.1) is 0 Å². The monoisotopic (exact) mass is 374 g/mol. The number of carbonyl (C=O) groups is 2. The van der Waals surface area contributed by atoms with Gasteiger partial charge in [-0.2, -0.15) is 0 Å². The number of fused-ring (bicyclic) bond motifs is 1. The third kappa shape index (κ3) is 2.38. The highest BCUT2D eigenvalue weighted by Gasteiger charge is 2.61. The second-order valence-corrected chi connectivity index (χ2v) is 6.97. The first-order chi connectivity index (χ1) is 13.7. The Bertz CT molecular complexity index is 1030. The quantitative estimate of drug-likeness (QED) is 0.655. The topological polar surface area (TPSA) is 63.0 Å². The lowest BCUT2D eigenvalue weighted by Gasteiger charge is -2.27. The molecule has 0 aliphatic carbocycles. The van der Waals surface area contributed by atoms with Crippen molar-refractivity contribution in [2.75, 3.05) is 9.96 Å². The lowest BCUT2D eigenvalue weighted by Crippen LogP contribution is -2.37. The molecule has 3 heterocycles. The predicted octanol–water partition coefficient (Wildman–Crippen LogP) is 3.64. The molecule has 0 unspecified atom stereocenters. The Balaban J connectivity index is 1.59. The molecule has 140 valence electrons. The number of rotatable bonds is 3. The molecule has 0 radical (unpaired) electrons. The average Bonchev–Trinajstić information content (AvgIpc) is 3.41. The van der Waals surface area contributed by atoms with Crippen molar-refractivity contribution in [2.24, 2.45) is 5.92 Å². The van der Waals surface area contributed by atoms with Crippen molar-refractivity contribution in [3.8, 4) is 0 Å². The van der Waals surface area contributed by atoms with Crippen LogP contribution in [0.4, 0.5) is 11.4 Å². The molecule has 1 aromatic heterocycles. The highest BCUT2D eigenvalue weighted by Crippen LogP contribution is 2.47. The zero-order valence-electron chi connectivity index (χ0n) is 15.2. The standard InChI is InChI=1S/C22H18N2O4/c1-14-8-5-6-11-16(14)23-21(25)18-19(17-12-7-13-27-17)24(28-20(18)22(23)26)15-9-3-2-4-10-15/h2-13,18-20H,1H3/t18-,19-,20-/m0/s1. The van der Waals surface area contributed by atoms with Crippen molar-refractivity contribution < 1.29 is 18.8 Å². The van der Waals surface area contributed by atoms with Crippen LogP contribution in [-0.4, -0.2) is 17.9 Å². The highest BCUT2D eigenvalue weighted by molar-refractivity contribution is 6.24. The van der Waals surface area contributed by atoms with Gasteiger partial charge >= 0.3 is 0 Å². The fourth-order valence-corrected chi connectivity index (χ4v) is 4.01. The second-order valence-electron chi connectivity index (χ2n) is 6.97. The molecule has 2 fully saturated rings. The van der Waals surface area contributed by atoms with Crippen molar-refractivity contribution in [1.82, 2.24) is 0 Å². The Hall–Kier alpha value is -3.38. The zero-order chi connectivity index (χ0) is 19.3. The number of nitrogens with zero attached hydrogens (tertiary/aromatic N) is 2. The summed E-state index contributed by atoms with van der Waals surface area (Å²) < 4.78 is 5.62. The van der Waals surface area contributed by atoms with Crippen LogP contribution in [-0.2, 0) is 14.4 Å². The Morgan fingerprint density at radius 3 is 2.32 bits per heavy atom. The summed E-state index contributed by atoms with van der Waals surface area (Å²) in [6.45, 7) is 1.88. The minimum Gasteiger partial charge on any atom is -0.467 e. The van der Waals surface area contributed by atoms with Crippen molar-refractivity contribution >= 4 is 23.2 Å². The molecular weight excluding hydrogens is 356 g/mol. The van der Waals surface area contributed by atoms with Gasteiger partial charge in [-0.25, -0.2) is 9.96 Å². The Kier molecular flexibility index (Phi) is 3.80. The number of hydrogen-bond donors (Lipinski definition) is 0. The lowest BCUT2D eigenvalue weighted by atomic mass is 9.94. The fraction of sp³-hybridized carbons (Fsp3) is 0.182. The van der Waals surface area contributed by atoms with E-state index in [-0.39, 0.29) is 11.8 Å². The van der Waals surface area contributed by atoms with Gasteiger partial charge < -0.3 is 4.42 Å². The van der Waals surface area contributed by atoms with Crippen LogP contribution in [0.25, 0.3) is 0 Å². The highest BCUT2D eigenvalue weighted by atomic mass is 16.7. The van der Waals surface area contributed by atoms with Crippen LogP contribution in [0, 0.1) is 12.8 Å². The molecule has 6 nitrogen and oxygen atoms in total. The molecule has 0 saturated carbocycles. The molecule has 2 aliphatic heterocycles. The van der Waals surface area contributed by atoms with Gasteiger partial charge in [-0.1, -0.05) is 36.4 Å². The Morgan fingerprint density at radius 2 is 1.61 bits per heavy atom. The largest absolute Gasteiger partial charge is 0.467 e. The van der Waals surface area contributed by atoms with E-state index in [2.05, 4.69) is 0 Å². The molecule has 28 heavy (non-hydrogen) atoms. The van der Waals surface area contributed by atoms with E-state index in [9.17, 15) is 9.59 Å². The third-order valence-electron chi connectivity index (χ3n) is 5.32. The van der Waals surface area contributed by atoms with Crippen molar-refractivity contribution in [3.63, 3.8) is 0 Å². The Labute approximate surface area is 161 Å². The molecule has 2 aromatic carbocycles. The lowest BCUT2D eigenvalue weighted by molar-refractivity contribution is -0.126. The third-order valence-corrected chi connectivity index (χ3v) is 5.32. The van der Waals surface area contributed by atoms with Crippen LogP contribution in [0.2, 0.25) is 0 Å². The van der Waals surface area contributed by atoms with Crippen LogP contribution in [0.15, 0.2) is 77.4 Å². The number of amides is 2. The first-order valence-electron chi connectivity index (χ1n) is 9.15. The fourth-order valence-electron chi connectivity index (χ4n) is 4.01. The number of imide groups is 1. The number of hydrogen-bond acceptors (Lipinski definition) is 5. The summed E-state index contributed by atoms with van der Waals surface area (Å²) in [5.41, 5.74) is 2.22. The number of anilines is 2. The van der Waals surface area contributed by atoms with Gasteiger partial charge in [-0.05, 0) is 42.8 Å². The van der Waals surface area contributed by atoms with Crippen LogP contribution < -0.4 is 9.96 Å². The zero-order valence-corrected chi connectivity index (χ0v) is 15.2. The van der Waals surface area contributed by atoms with E-state index < -0.39 is 18.1 Å². The van der Waals surface area contributed by atoms with E-state index in [1.54, 1.807) is 29.5 Å². The van der Waals surface area contributed by atoms with Gasteiger partial charge in [0, 0.05) is 0 Å². The van der Waals surface area contributed by atoms with E-state index in [0.717, 1.165) is 11.3 Å². The smallest absolute Gasteiger partial charge is 0.266 e. The van der Waals surface area contributed by atoms with E-state index in [1.807, 2.05) is 55.5 Å². The molecule has 2 amide bonds. The van der Waals surface area contributed by atoms with E-state index in [4.69, 9.17) is 9.25 Å². The van der Waals surface area contributed by atoms with Crippen LogP contribution in [0.1, 0.15) is 17.4 Å². The molecule has 0 bridgehead atoms. The first-order valence-corrected chi connectivity index (χ1v) is 9.15. The molecule has 6 heteroatoms. The van der Waals surface area contributed by atoms with Gasteiger partial charge in [0.2, 0.25) is 5.91 Å². The Morgan fingerprint density at radius 1 is 0.857 bits per heavy atom. The molecule has 3 atom stereocenters. The van der Waals surface area contributed by atoms with Gasteiger partial charge in [0.1, 0.15) is 17.7 Å². The van der Waals surface area contributed by atoms with Crippen molar-refractivity contribution in [3.05, 3.63) is 84.3 Å². The minimum atomic E-state index is -0.887. The minimum absolute atomic E-state index is 0.274. The molecule has 2 aliphatic rings. The summed E-state index contributed by atoms with van der Waals surface area (Å²) in [5, 5.41) is 1.62. The summed E-state index contributed by atoms with van der Waals surface area (Å²) in [7, 11) is 0. The maximum absolute atomic E-state index is 13.4.